The first-order chi connectivity index (χ1) is 10.1. The largest absolute Gasteiger partial charge is 0.312 e. The summed E-state index contributed by atoms with van der Waals surface area (Å²) < 4.78 is 14.0. The zero-order chi connectivity index (χ0) is 15.2. The Morgan fingerprint density at radius 3 is 3.05 bits per heavy atom. The fourth-order valence-electron chi connectivity index (χ4n) is 2.74. The van der Waals surface area contributed by atoms with E-state index in [-0.39, 0.29) is 11.9 Å². The number of halogens is 2. The number of likely N-dealkylation sites (N-methyl/N-ethyl adjacent to an activating group) is 1. The average Bonchev–Trinajstić information content (AvgIpc) is 2.48. The van der Waals surface area contributed by atoms with E-state index >= 15 is 0 Å². The van der Waals surface area contributed by atoms with Crippen LogP contribution in [-0.4, -0.2) is 48.6 Å². The normalized spacial score (nSPS) is 21.4. The smallest absolute Gasteiger partial charge is 0.126 e. The van der Waals surface area contributed by atoms with Gasteiger partial charge in [0.1, 0.15) is 5.82 Å². The van der Waals surface area contributed by atoms with Crippen LogP contribution in [0.3, 0.4) is 0 Å². The zero-order valence-corrected chi connectivity index (χ0v) is 14.3. The Labute approximate surface area is 136 Å². The van der Waals surface area contributed by atoms with Gasteiger partial charge in [0.25, 0.3) is 0 Å². The lowest BCUT2D eigenvalue weighted by Gasteiger charge is -2.38. The molecule has 0 bridgehead atoms. The molecule has 1 aliphatic heterocycles. The van der Waals surface area contributed by atoms with Crippen molar-refractivity contribution in [2.24, 2.45) is 0 Å². The molecule has 0 saturated carbocycles. The van der Waals surface area contributed by atoms with Gasteiger partial charge in [-0.15, -0.1) is 0 Å². The van der Waals surface area contributed by atoms with E-state index in [1.165, 1.54) is 11.8 Å². The molecule has 1 heterocycles. The molecule has 1 saturated heterocycles. The summed E-state index contributed by atoms with van der Waals surface area (Å²) in [6.07, 6.45) is 1.76. The van der Waals surface area contributed by atoms with Gasteiger partial charge in [-0.3, -0.25) is 0 Å². The first-order valence-corrected chi connectivity index (χ1v) is 9.10. The van der Waals surface area contributed by atoms with E-state index in [0.717, 1.165) is 25.3 Å². The van der Waals surface area contributed by atoms with E-state index in [1.54, 1.807) is 12.1 Å². The molecule has 2 nitrogen and oxygen atoms in total. The second-order valence-corrected chi connectivity index (χ2v) is 7.21. The van der Waals surface area contributed by atoms with Crippen molar-refractivity contribution in [1.29, 1.82) is 0 Å². The molecule has 1 N–H and O–H groups in total. The topological polar surface area (TPSA) is 15.3 Å². The van der Waals surface area contributed by atoms with E-state index < -0.39 is 0 Å². The minimum Gasteiger partial charge on any atom is -0.312 e. The fourth-order valence-corrected chi connectivity index (χ4v) is 4.25. The monoisotopic (exact) mass is 330 g/mol. The van der Waals surface area contributed by atoms with Crippen molar-refractivity contribution < 1.29 is 4.39 Å². The molecule has 0 aliphatic carbocycles. The van der Waals surface area contributed by atoms with Crippen LogP contribution in [0.15, 0.2) is 18.2 Å². The molecule has 1 aliphatic rings. The molecular formula is C16H24ClFN2S. The lowest BCUT2D eigenvalue weighted by Crippen LogP contribution is -2.53. The number of nitrogens with zero attached hydrogens (tertiary/aromatic N) is 1. The predicted octanol–water partition coefficient (Wildman–Crippen LogP) is 3.44. The number of rotatable bonds is 6. The van der Waals surface area contributed by atoms with Crippen LogP contribution in [0.1, 0.15) is 18.9 Å². The lowest BCUT2D eigenvalue weighted by molar-refractivity contribution is 0.213. The summed E-state index contributed by atoms with van der Waals surface area (Å²) in [6, 6.07) is 5.53. The molecule has 5 heteroatoms. The third-order valence-electron chi connectivity index (χ3n) is 4.01. The third kappa shape index (κ3) is 4.85. The Morgan fingerprint density at radius 1 is 1.52 bits per heavy atom. The molecule has 2 unspecified atom stereocenters. The fraction of sp³-hybridized carbons (Fsp3) is 0.625. The van der Waals surface area contributed by atoms with Gasteiger partial charge >= 0.3 is 0 Å². The molecule has 1 aromatic rings. The molecule has 0 radical (unpaired) electrons. The maximum Gasteiger partial charge on any atom is 0.126 e. The third-order valence-corrected chi connectivity index (χ3v) is 5.30. The average molecular weight is 331 g/mol. The van der Waals surface area contributed by atoms with Crippen LogP contribution >= 0.6 is 23.4 Å². The summed E-state index contributed by atoms with van der Waals surface area (Å²) in [5.41, 5.74) is 0.708. The lowest BCUT2D eigenvalue weighted by atomic mass is 9.98. The van der Waals surface area contributed by atoms with Crippen LogP contribution in [0, 0.1) is 5.82 Å². The summed E-state index contributed by atoms with van der Waals surface area (Å²) in [6.45, 7) is 4.21. The van der Waals surface area contributed by atoms with Gasteiger partial charge in [0.15, 0.2) is 0 Å². The number of hydrogen-bond acceptors (Lipinski definition) is 3. The Morgan fingerprint density at radius 2 is 2.33 bits per heavy atom. The number of nitrogens with one attached hydrogen (secondary N) is 1. The van der Waals surface area contributed by atoms with Gasteiger partial charge in [0.05, 0.1) is 0 Å². The van der Waals surface area contributed by atoms with Crippen molar-refractivity contribution in [3.05, 3.63) is 34.6 Å². The summed E-state index contributed by atoms with van der Waals surface area (Å²) >= 11 is 8.00. The maximum absolute atomic E-state index is 14.0. The van der Waals surface area contributed by atoms with E-state index in [4.69, 9.17) is 11.6 Å². The predicted molar refractivity (Wildman–Crippen MR) is 90.9 cm³/mol. The van der Waals surface area contributed by atoms with Crippen LogP contribution in [0.5, 0.6) is 0 Å². The summed E-state index contributed by atoms with van der Waals surface area (Å²) in [7, 11) is 2.17. The highest BCUT2D eigenvalue weighted by Gasteiger charge is 2.28. The van der Waals surface area contributed by atoms with Gasteiger partial charge in [-0.1, -0.05) is 18.5 Å². The number of benzene rings is 1. The van der Waals surface area contributed by atoms with Crippen molar-refractivity contribution in [3.63, 3.8) is 0 Å². The second kappa shape index (κ2) is 8.37. The van der Waals surface area contributed by atoms with Gasteiger partial charge in [0, 0.05) is 35.2 Å². The highest BCUT2D eigenvalue weighted by Crippen LogP contribution is 2.22. The minimum atomic E-state index is -0.159. The summed E-state index contributed by atoms with van der Waals surface area (Å²) in [5, 5.41) is 4.20. The Kier molecular flexibility index (Phi) is 6.80. The van der Waals surface area contributed by atoms with Crippen LogP contribution in [0.25, 0.3) is 0 Å². The van der Waals surface area contributed by atoms with Crippen LogP contribution in [0.4, 0.5) is 4.39 Å². The quantitative estimate of drug-likeness (QED) is 0.860. The van der Waals surface area contributed by atoms with Crippen LogP contribution in [-0.2, 0) is 6.42 Å². The molecule has 118 valence electrons. The Bertz CT molecular complexity index is 458. The van der Waals surface area contributed by atoms with E-state index in [2.05, 4.69) is 24.2 Å². The standard InChI is InChI=1S/C16H24ClFN2S/c1-3-6-19-15(16-11-21-8-7-20(16)2)10-12-9-13(17)4-5-14(12)18/h4-5,9,15-16,19H,3,6-8,10-11H2,1-2H3. The minimum absolute atomic E-state index is 0.159. The summed E-state index contributed by atoms with van der Waals surface area (Å²) in [4.78, 5) is 2.40. The molecule has 21 heavy (non-hydrogen) atoms. The number of thioether (sulfide) groups is 1. The highest BCUT2D eigenvalue weighted by molar-refractivity contribution is 7.99. The van der Waals surface area contributed by atoms with Crippen molar-refractivity contribution in [3.8, 4) is 0 Å². The van der Waals surface area contributed by atoms with Gasteiger partial charge in [-0.05, 0) is 50.2 Å². The molecule has 0 amide bonds. The zero-order valence-electron chi connectivity index (χ0n) is 12.7. The molecule has 1 fully saturated rings. The summed E-state index contributed by atoms with van der Waals surface area (Å²) in [5.74, 6) is 2.12. The van der Waals surface area contributed by atoms with Crippen molar-refractivity contribution in [1.82, 2.24) is 10.2 Å². The molecule has 0 aromatic heterocycles. The molecule has 1 aromatic carbocycles. The van der Waals surface area contributed by atoms with E-state index in [9.17, 15) is 4.39 Å². The van der Waals surface area contributed by atoms with Crippen molar-refractivity contribution >= 4 is 23.4 Å². The highest BCUT2D eigenvalue weighted by atomic mass is 35.5. The molecular weight excluding hydrogens is 307 g/mol. The van der Waals surface area contributed by atoms with Gasteiger partial charge in [-0.2, -0.15) is 11.8 Å². The molecule has 2 rings (SSSR count). The van der Waals surface area contributed by atoms with E-state index in [0.29, 0.717) is 23.0 Å². The van der Waals surface area contributed by atoms with Gasteiger partial charge in [-0.25, -0.2) is 4.39 Å². The first-order valence-electron chi connectivity index (χ1n) is 7.57. The van der Waals surface area contributed by atoms with Crippen molar-refractivity contribution in [2.45, 2.75) is 31.8 Å². The van der Waals surface area contributed by atoms with Gasteiger partial charge < -0.3 is 10.2 Å². The maximum atomic E-state index is 14.0. The van der Waals surface area contributed by atoms with Crippen LogP contribution in [0.2, 0.25) is 5.02 Å². The Balaban J connectivity index is 2.13. The van der Waals surface area contributed by atoms with Crippen molar-refractivity contribution in [2.75, 3.05) is 31.6 Å². The molecule has 0 spiro atoms. The SMILES string of the molecule is CCCNC(Cc1cc(Cl)ccc1F)C1CSCCN1C. The second-order valence-electron chi connectivity index (χ2n) is 5.62. The Hall–Kier alpha value is -0.290. The number of hydrogen-bond donors (Lipinski definition) is 1. The van der Waals surface area contributed by atoms with E-state index in [1.807, 2.05) is 11.8 Å². The van der Waals surface area contributed by atoms with Crippen LogP contribution < -0.4 is 5.32 Å². The molecule has 2 atom stereocenters. The van der Waals surface area contributed by atoms with Gasteiger partial charge in [0.2, 0.25) is 0 Å². The first kappa shape index (κ1) is 17.1.